The van der Waals surface area contributed by atoms with E-state index in [-0.39, 0.29) is 17.2 Å². The average Bonchev–Trinajstić information content (AvgIpc) is 3.13. The van der Waals surface area contributed by atoms with Gasteiger partial charge in [0.15, 0.2) is 5.78 Å². The first-order valence-electron chi connectivity index (χ1n) is 9.40. The summed E-state index contributed by atoms with van der Waals surface area (Å²) in [5.41, 5.74) is 5.75. The lowest BCUT2D eigenvalue weighted by Gasteiger charge is -2.34. The number of hydrogen-bond donors (Lipinski definition) is 0. The molecule has 1 heterocycles. The third kappa shape index (κ3) is 2.57. The number of hydrogen-bond acceptors (Lipinski definition) is 5. The first-order chi connectivity index (χ1) is 14.0. The second kappa shape index (κ2) is 6.11. The predicted molar refractivity (Wildman–Crippen MR) is 108 cm³/mol. The van der Waals surface area contributed by atoms with Crippen molar-refractivity contribution in [3.63, 3.8) is 0 Å². The minimum absolute atomic E-state index is 0.0280. The van der Waals surface area contributed by atoms with E-state index in [1.165, 1.54) is 0 Å². The van der Waals surface area contributed by atoms with Crippen LogP contribution in [0.4, 0.5) is 0 Å². The van der Waals surface area contributed by atoms with E-state index in [1.807, 2.05) is 24.3 Å². The van der Waals surface area contributed by atoms with E-state index in [1.54, 1.807) is 30.6 Å². The molecule has 1 aromatic heterocycles. The number of fused-ring (bicyclic) bond motifs is 3. The number of rotatable bonds is 2. The number of Topliss-reactive ketones (excluding diaryl/α,β-unsaturated/α-hetero) is 1. The van der Waals surface area contributed by atoms with Crippen LogP contribution in [-0.4, -0.2) is 15.8 Å². The normalized spacial score (nSPS) is 16.0. The lowest BCUT2D eigenvalue weighted by Crippen LogP contribution is -2.29. The van der Waals surface area contributed by atoms with E-state index in [0.29, 0.717) is 23.3 Å². The standard InChI is InChI=1S/C24H17N3O2/c1-24(2)19-12-16(29-23-26-8-3-9-27-23)5-7-18(19)22(28)21-17-6-4-14(13-25)10-15(17)11-20(21)24/h3-10,12H,11H2,1-2H3. The van der Waals surface area contributed by atoms with Gasteiger partial charge < -0.3 is 4.74 Å². The monoisotopic (exact) mass is 379 g/mol. The zero-order chi connectivity index (χ0) is 20.2. The van der Waals surface area contributed by atoms with Crippen molar-refractivity contribution in [1.82, 2.24) is 9.97 Å². The molecular formula is C24H17N3O2. The van der Waals surface area contributed by atoms with Gasteiger partial charge in [0.2, 0.25) is 0 Å². The largest absolute Gasteiger partial charge is 0.424 e. The molecule has 0 atom stereocenters. The molecule has 0 aliphatic heterocycles. The number of aromatic nitrogens is 2. The van der Waals surface area contributed by atoms with Gasteiger partial charge in [-0.2, -0.15) is 5.26 Å². The van der Waals surface area contributed by atoms with Crippen molar-refractivity contribution in [3.8, 4) is 17.8 Å². The van der Waals surface area contributed by atoms with Crippen LogP contribution in [0.2, 0.25) is 0 Å². The minimum atomic E-state index is -0.346. The molecule has 3 aromatic rings. The minimum Gasteiger partial charge on any atom is -0.424 e. The van der Waals surface area contributed by atoms with Gasteiger partial charge in [0.05, 0.1) is 11.6 Å². The molecule has 0 bridgehead atoms. The van der Waals surface area contributed by atoms with Crippen LogP contribution in [0.25, 0.3) is 5.57 Å². The molecule has 29 heavy (non-hydrogen) atoms. The molecule has 5 heteroatoms. The zero-order valence-corrected chi connectivity index (χ0v) is 16.1. The molecule has 0 spiro atoms. The van der Waals surface area contributed by atoms with E-state index in [9.17, 15) is 10.1 Å². The molecule has 0 unspecified atom stereocenters. The Morgan fingerprint density at radius 2 is 1.83 bits per heavy atom. The van der Waals surface area contributed by atoms with Crippen LogP contribution in [0.5, 0.6) is 11.8 Å². The third-order valence-corrected chi connectivity index (χ3v) is 5.81. The van der Waals surface area contributed by atoms with E-state index in [4.69, 9.17) is 4.74 Å². The van der Waals surface area contributed by atoms with E-state index in [0.717, 1.165) is 27.8 Å². The zero-order valence-electron chi connectivity index (χ0n) is 16.1. The summed E-state index contributed by atoms with van der Waals surface area (Å²) in [7, 11) is 0. The first-order valence-corrected chi connectivity index (χ1v) is 9.40. The molecular weight excluding hydrogens is 362 g/mol. The maximum absolute atomic E-state index is 13.4. The van der Waals surface area contributed by atoms with Gasteiger partial charge in [-0.1, -0.05) is 19.9 Å². The predicted octanol–water partition coefficient (Wildman–Crippen LogP) is 4.62. The fourth-order valence-electron chi connectivity index (χ4n) is 4.33. The highest BCUT2D eigenvalue weighted by molar-refractivity contribution is 6.33. The molecule has 2 aliphatic rings. The van der Waals surface area contributed by atoms with Crippen molar-refractivity contribution >= 4 is 11.4 Å². The highest BCUT2D eigenvalue weighted by Crippen LogP contribution is 2.50. The SMILES string of the molecule is CC1(C)C2=C(C(=O)c3ccc(Oc4ncccn4)cc31)c1ccc(C#N)cc1C2. The van der Waals surface area contributed by atoms with Crippen LogP contribution in [0.1, 0.15) is 46.5 Å². The molecule has 0 amide bonds. The molecule has 5 rings (SSSR count). The van der Waals surface area contributed by atoms with Crippen LogP contribution >= 0.6 is 0 Å². The summed E-state index contributed by atoms with van der Waals surface area (Å²) in [6, 6.07) is 15.3. The number of nitrogens with zero attached hydrogens (tertiary/aromatic N) is 3. The summed E-state index contributed by atoms with van der Waals surface area (Å²) in [6.07, 6.45) is 3.92. The van der Waals surface area contributed by atoms with Crippen molar-refractivity contribution in [2.45, 2.75) is 25.7 Å². The first kappa shape index (κ1) is 17.3. The van der Waals surface area contributed by atoms with Crippen LogP contribution in [0.15, 0.2) is 60.4 Å². The maximum Gasteiger partial charge on any atom is 0.321 e. The Morgan fingerprint density at radius 1 is 1.07 bits per heavy atom. The maximum atomic E-state index is 13.4. The summed E-state index contributed by atoms with van der Waals surface area (Å²) in [6.45, 7) is 4.26. The molecule has 0 N–H and O–H groups in total. The fourth-order valence-corrected chi connectivity index (χ4v) is 4.33. The molecule has 2 aliphatic carbocycles. The summed E-state index contributed by atoms with van der Waals surface area (Å²) in [5.74, 6) is 0.627. The highest BCUT2D eigenvalue weighted by Gasteiger charge is 2.42. The van der Waals surface area contributed by atoms with Gasteiger partial charge in [-0.25, -0.2) is 9.97 Å². The summed E-state index contributed by atoms with van der Waals surface area (Å²) in [4.78, 5) is 21.6. The molecule has 140 valence electrons. The Kier molecular flexibility index (Phi) is 3.65. The Balaban J connectivity index is 1.60. The Morgan fingerprint density at radius 3 is 2.59 bits per heavy atom. The fraction of sp³-hybridized carbons (Fsp3) is 0.167. The Bertz CT molecular complexity index is 1250. The second-order valence-electron chi connectivity index (χ2n) is 7.81. The van der Waals surface area contributed by atoms with Crippen molar-refractivity contribution in [2.75, 3.05) is 0 Å². The molecule has 0 fully saturated rings. The summed E-state index contributed by atoms with van der Waals surface area (Å²) < 4.78 is 5.79. The lowest BCUT2D eigenvalue weighted by atomic mass is 9.68. The number of ether oxygens (including phenoxy) is 1. The van der Waals surface area contributed by atoms with Crippen molar-refractivity contribution in [3.05, 3.63) is 88.2 Å². The Hall–Kier alpha value is -3.78. The van der Waals surface area contributed by atoms with E-state index in [2.05, 4.69) is 29.9 Å². The van der Waals surface area contributed by atoms with Crippen LogP contribution in [0, 0.1) is 11.3 Å². The van der Waals surface area contributed by atoms with Crippen LogP contribution < -0.4 is 4.74 Å². The quantitative estimate of drug-likeness (QED) is 0.649. The second-order valence-corrected chi connectivity index (χ2v) is 7.81. The number of ketones is 1. The molecule has 0 saturated heterocycles. The van der Waals surface area contributed by atoms with Gasteiger partial charge in [-0.15, -0.1) is 0 Å². The van der Waals surface area contributed by atoms with Gasteiger partial charge in [0, 0.05) is 28.9 Å². The summed E-state index contributed by atoms with van der Waals surface area (Å²) in [5, 5.41) is 9.22. The van der Waals surface area contributed by atoms with Gasteiger partial charge in [-0.3, -0.25) is 4.79 Å². The van der Waals surface area contributed by atoms with Crippen molar-refractivity contribution < 1.29 is 9.53 Å². The molecule has 2 aromatic carbocycles. The van der Waals surface area contributed by atoms with Gasteiger partial charge in [-0.05, 0) is 65.1 Å². The van der Waals surface area contributed by atoms with E-state index < -0.39 is 0 Å². The number of nitriles is 1. The topological polar surface area (TPSA) is 75.9 Å². The number of carbonyl (C=O) groups is 1. The van der Waals surface area contributed by atoms with Gasteiger partial charge in [0.25, 0.3) is 0 Å². The molecule has 0 saturated carbocycles. The van der Waals surface area contributed by atoms with E-state index >= 15 is 0 Å². The highest BCUT2D eigenvalue weighted by atomic mass is 16.5. The molecule has 5 nitrogen and oxygen atoms in total. The van der Waals surface area contributed by atoms with Crippen molar-refractivity contribution in [2.24, 2.45) is 0 Å². The summed E-state index contributed by atoms with van der Waals surface area (Å²) >= 11 is 0. The van der Waals surface area contributed by atoms with Crippen LogP contribution in [0.3, 0.4) is 0 Å². The number of benzene rings is 2. The third-order valence-electron chi connectivity index (χ3n) is 5.81. The van der Waals surface area contributed by atoms with Gasteiger partial charge in [0.1, 0.15) is 5.75 Å². The number of allylic oxidation sites excluding steroid dienone is 2. The Labute approximate surface area is 168 Å². The number of carbonyl (C=O) groups excluding carboxylic acids is 1. The van der Waals surface area contributed by atoms with Gasteiger partial charge >= 0.3 is 6.01 Å². The average molecular weight is 379 g/mol. The molecule has 0 radical (unpaired) electrons. The van der Waals surface area contributed by atoms with Crippen LogP contribution in [-0.2, 0) is 11.8 Å². The van der Waals surface area contributed by atoms with Crippen molar-refractivity contribution in [1.29, 1.82) is 5.26 Å². The lowest BCUT2D eigenvalue weighted by molar-refractivity contribution is 0.105. The smallest absolute Gasteiger partial charge is 0.321 e.